The van der Waals surface area contributed by atoms with E-state index in [1.807, 2.05) is 18.2 Å². The summed E-state index contributed by atoms with van der Waals surface area (Å²) in [7, 11) is 0. The molecule has 1 heterocycles. The molecule has 2 unspecified atom stereocenters. The van der Waals surface area contributed by atoms with E-state index in [-0.39, 0.29) is 18.0 Å². The van der Waals surface area contributed by atoms with E-state index in [1.165, 1.54) is 0 Å². The molecule has 0 spiro atoms. The summed E-state index contributed by atoms with van der Waals surface area (Å²) in [5.41, 5.74) is 7.53. The SMILES string of the molecule is NC1CCCC(=O)N(C2CC2)C1c1ccccc1Br. The summed E-state index contributed by atoms with van der Waals surface area (Å²) in [6.07, 6.45) is 4.72. The molecule has 102 valence electrons. The Hall–Kier alpha value is -0.870. The number of halogens is 1. The van der Waals surface area contributed by atoms with Crippen LogP contribution in [-0.4, -0.2) is 22.9 Å². The van der Waals surface area contributed by atoms with Gasteiger partial charge in [0.15, 0.2) is 0 Å². The molecule has 1 amide bonds. The Morgan fingerprint density at radius 3 is 2.63 bits per heavy atom. The third-order valence-corrected chi connectivity index (χ3v) is 4.81. The van der Waals surface area contributed by atoms with Crippen molar-refractivity contribution in [1.29, 1.82) is 0 Å². The predicted octanol–water partition coefficient (Wildman–Crippen LogP) is 2.99. The van der Waals surface area contributed by atoms with Crippen molar-refractivity contribution in [2.75, 3.05) is 0 Å². The molecule has 2 fully saturated rings. The third kappa shape index (κ3) is 2.56. The molecule has 2 aliphatic rings. The highest BCUT2D eigenvalue weighted by atomic mass is 79.9. The molecule has 1 saturated heterocycles. The standard InChI is InChI=1S/C15H19BrN2O/c16-12-5-2-1-4-11(12)15-13(17)6-3-7-14(19)18(15)10-8-9-10/h1-2,4-5,10,13,15H,3,6-9,17H2. The summed E-state index contributed by atoms with van der Waals surface area (Å²) >= 11 is 3.61. The van der Waals surface area contributed by atoms with Crippen LogP contribution in [0.2, 0.25) is 0 Å². The normalized spacial score (nSPS) is 28.3. The molecule has 0 radical (unpaired) electrons. The van der Waals surface area contributed by atoms with Gasteiger partial charge >= 0.3 is 0 Å². The van der Waals surface area contributed by atoms with E-state index in [0.29, 0.717) is 12.5 Å². The van der Waals surface area contributed by atoms with Gasteiger partial charge in [0, 0.05) is 23.0 Å². The fourth-order valence-electron chi connectivity index (χ4n) is 3.02. The van der Waals surface area contributed by atoms with Crippen LogP contribution in [-0.2, 0) is 4.79 Å². The maximum atomic E-state index is 12.4. The number of carbonyl (C=O) groups excluding carboxylic acids is 1. The Labute approximate surface area is 122 Å². The number of hydrogen-bond acceptors (Lipinski definition) is 2. The zero-order valence-electron chi connectivity index (χ0n) is 10.9. The van der Waals surface area contributed by atoms with E-state index in [4.69, 9.17) is 5.73 Å². The molecule has 0 bridgehead atoms. The highest BCUT2D eigenvalue weighted by molar-refractivity contribution is 9.10. The number of nitrogens with two attached hydrogens (primary N) is 1. The first-order valence-electron chi connectivity index (χ1n) is 6.99. The van der Waals surface area contributed by atoms with Crippen LogP contribution in [0.3, 0.4) is 0 Å². The lowest BCUT2D eigenvalue weighted by molar-refractivity contribution is -0.133. The summed E-state index contributed by atoms with van der Waals surface area (Å²) in [5.74, 6) is 0.274. The highest BCUT2D eigenvalue weighted by Crippen LogP contribution is 2.41. The number of nitrogens with zero attached hydrogens (tertiary/aromatic N) is 1. The van der Waals surface area contributed by atoms with Crippen LogP contribution >= 0.6 is 15.9 Å². The molecule has 1 aromatic rings. The maximum absolute atomic E-state index is 12.4. The molecule has 1 saturated carbocycles. The first-order valence-corrected chi connectivity index (χ1v) is 7.79. The van der Waals surface area contributed by atoms with Gasteiger partial charge in [-0.15, -0.1) is 0 Å². The molecule has 2 atom stereocenters. The zero-order valence-corrected chi connectivity index (χ0v) is 12.5. The summed E-state index contributed by atoms with van der Waals surface area (Å²) in [4.78, 5) is 14.5. The van der Waals surface area contributed by atoms with Gasteiger partial charge in [-0.05, 0) is 37.3 Å². The molecule has 3 nitrogen and oxygen atoms in total. The molecule has 19 heavy (non-hydrogen) atoms. The summed E-state index contributed by atoms with van der Waals surface area (Å²) < 4.78 is 1.05. The van der Waals surface area contributed by atoms with Crippen molar-refractivity contribution in [3.8, 4) is 0 Å². The van der Waals surface area contributed by atoms with Crippen molar-refractivity contribution in [2.45, 2.75) is 50.2 Å². The Morgan fingerprint density at radius 2 is 1.95 bits per heavy atom. The van der Waals surface area contributed by atoms with E-state index in [0.717, 1.165) is 35.7 Å². The fourth-order valence-corrected chi connectivity index (χ4v) is 3.54. The Kier molecular flexibility index (Phi) is 3.63. The monoisotopic (exact) mass is 322 g/mol. The van der Waals surface area contributed by atoms with Crippen molar-refractivity contribution >= 4 is 21.8 Å². The van der Waals surface area contributed by atoms with Crippen LogP contribution in [0.15, 0.2) is 28.7 Å². The topological polar surface area (TPSA) is 46.3 Å². The van der Waals surface area contributed by atoms with Crippen LogP contribution < -0.4 is 5.73 Å². The van der Waals surface area contributed by atoms with Crippen molar-refractivity contribution in [3.63, 3.8) is 0 Å². The zero-order chi connectivity index (χ0) is 13.4. The minimum absolute atomic E-state index is 0.0260. The van der Waals surface area contributed by atoms with Gasteiger partial charge in [0.1, 0.15) is 0 Å². The van der Waals surface area contributed by atoms with Crippen LogP contribution in [0.1, 0.15) is 43.7 Å². The van der Waals surface area contributed by atoms with Crippen LogP contribution in [0, 0.1) is 0 Å². The molecular weight excluding hydrogens is 304 g/mol. The van der Waals surface area contributed by atoms with Crippen LogP contribution in [0.25, 0.3) is 0 Å². The quantitative estimate of drug-likeness (QED) is 0.909. The first-order chi connectivity index (χ1) is 9.18. The second kappa shape index (κ2) is 5.25. The van der Waals surface area contributed by atoms with Crippen molar-refractivity contribution in [3.05, 3.63) is 34.3 Å². The first kappa shape index (κ1) is 13.1. The van der Waals surface area contributed by atoms with Gasteiger partial charge in [0.25, 0.3) is 0 Å². The fraction of sp³-hybridized carbons (Fsp3) is 0.533. The highest BCUT2D eigenvalue weighted by Gasteiger charge is 2.42. The van der Waals surface area contributed by atoms with Gasteiger partial charge in [0.05, 0.1) is 6.04 Å². The number of benzene rings is 1. The van der Waals surface area contributed by atoms with Gasteiger partial charge < -0.3 is 10.6 Å². The van der Waals surface area contributed by atoms with Gasteiger partial charge in [0.2, 0.25) is 5.91 Å². The maximum Gasteiger partial charge on any atom is 0.223 e. The van der Waals surface area contributed by atoms with Gasteiger partial charge in [-0.1, -0.05) is 34.1 Å². The number of amides is 1. The minimum atomic E-state index is 0.0260. The molecular formula is C15H19BrN2O. The number of hydrogen-bond donors (Lipinski definition) is 1. The summed E-state index contributed by atoms with van der Waals surface area (Å²) in [5, 5.41) is 0. The van der Waals surface area contributed by atoms with Crippen LogP contribution in [0.5, 0.6) is 0 Å². The summed E-state index contributed by atoms with van der Waals surface area (Å²) in [6, 6.07) is 8.61. The molecule has 1 aromatic carbocycles. The average Bonchev–Trinajstić information content (AvgIpc) is 3.20. The van der Waals surface area contributed by atoms with Gasteiger partial charge in [-0.2, -0.15) is 0 Å². The van der Waals surface area contributed by atoms with E-state index >= 15 is 0 Å². The van der Waals surface area contributed by atoms with Crippen molar-refractivity contribution < 1.29 is 4.79 Å². The lowest BCUT2D eigenvalue weighted by atomic mass is 9.96. The predicted molar refractivity (Wildman–Crippen MR) is 78.6 cm³/mol. The van der Waals surface area contributed by atoms with Crippen molar-refractivity contribution in [2.24, 2.45) is 5.73 Å². The van der Waals surface area contributed by atoms with E-state index < -0.39 is 0 Å². The smallest absolute Gasteiger partial charge is 0.223 e. The number of carbonyl (C=O) groups is 1. The van der Waals surface area contributed by atoms with E-state index in [2.05, 4.69) is 26.9 Å². The minimum Gasteiger partial charge on any atom is -0.331 e. The largest absolute Gasteiger partial charge is 0.331 e. The molecule has 1 aliphatic carbocycles. The van der Waals surface area contributed by atoms with Crippen molar-refractivity contribution in [1.82, 2.24) is 4.90 Å². The lowest BCUT2D eigenvalue weighted by Gasteiger charge is -2.34. The lowest BCUT2D eigenvalue weighted by Crippen LogP contribution is -2.43. The Bertz CT molecular complexity index is 487. The number of likely N-dealkylation sites (tertiary alicyclic amines) is 1. The van der Waals surface area contributed by atoms with Gasteiger partial charge in [-0.3, -0.25) is 4.79 Å². The number of rotatable bonds is 2. The molecule has 4 heteroatoms. The molecule has 2 N–H and O–H groups in total. The van der Waals surface area contributed by atoms with E-state index in [9.17, 15) is 4.79 Å². The summed E-state index contributed by atoms with van der Waals surface area (Å²) in [6.45, 7) is 0. The molecule has 0 aromatic heterocycles. The van der Waals surface area contributed by atoms with Gasteiger partial charge in [-0.25, -0.2) is 0 Å². The second-order valence-electron chi connectivity index (χ2n) is 5.55. The average molecular weight is 323 g/mol. The Morgan fingerprint density at radius 1 is 1.21 bits per heavy atom. The Balaban J connectivity index is 2.02. The third-order valence-electron chi connectivity index (χ3n) is 4.09. The molecule has 3 rings (SSSR count). The van der Waals surface area contributed by atoms with E-state index in [1.54, 1.807) is 0 Å². The van der Waals surface area contributed by atoms with Crippen LogP contribution in [0.4, 0.5) is 0 Å². The molecule has 1 aliphatic heterocycles. The second-order valence-corrected chi connectivity index (χ2v) is 6.41.